The lowest BCUT2D eigenvalue weighted by molar-refractivity contribution is -0.151. The highest BCUT2D eigenvalue weighted by atomic mass is 32.2. The van der Waals surface area contributed by atoms with Gasteiger partial charge in [-0.3, -0.25) is 9.52 Å². The molecule has 0 heterocycles. The fourth-order valence-electron chi connectivity index (χ4n) is 1.50. The molecule has 1 aromatic carbocycles. The smallest absolute Gasteiger partial charge is 0.416 e. The maximum absolute atomic E-state index is 12.5. The first-order valence-corrected chi connectivity index (χ1v) is 7.83. The quantitative estimate of drug-likeness (QED) is 0.856. The fourth-order valence-corrected chi connectivity index (χ4v) is 2.43. The van der Waals surface area contributed by atoms with E-state index < -0.39 is 39.1 Å². The molecule has 0 aliphatic carbocycles. The standard InChI is InChI=1S/C13H16F3NO4S/c1-12(2,3)21-11(18)8-22(19,20)17-10-6-4-5-9(7-10)13(14,15)16/h4-7,17H,8H2,1-3H3. The number of halogens is 3. The van der Waals surface area contributed by atoms with Crippen molar-refractivity contribution in [2.75, 3.05) is 10.5 Å². The number of sulfonamides is 1. The van der Waals surface area contributed by atoms with Crippen LogP contribution in [0.2, 0.25) is 0 Å². The molecule has 0 spiro atoms. The van der Waals surface area contributed by atoms with Crippen molar-refractivity contribution in [3.8, 4) is 0 Å². The maximum Gasteiger partial charge on any atom is 0.416 e. The largest absolute Gasteiger partial charge is 0.459 e. The van der Waals surface area contributed by atoms with Crippen LogP contribution in [-0.4, -0.2) is 25.7 Å². The summed E-state index contributed by atoms with van der Waals surface area (Å²) in [6, 6.07) is 3.67. The molecular weight excluding hydrogens is 323 g/mol. The Labute approximate surface area is 126 Å². The van der Waals surface area contributed by atoms with E-state index in [9.17, 15) is 26.4 Å². The number of benzene rings is 1. The zero-order valence-corrected chi connectivity index (χ0v) is 13.0. The summed E-state index contributed by atoms with van der Waals surface area (Å²) in [7, 11) is -4.16. The summed E-state index contributed by atoms with van der Waals surface area (Å²) in [6.45, 7) is 4.70. The fraction of sp³-hybridized carbons (Fsp3) is 0.462. The molecule has 0 aliphatic heterocycles. The van der Waals surface area contributed by atoms with Gasteiger partial charge in [-0.25, -0.2) is 8.42 Å². The summed E-state index contributed by atoms with van der Waals surface area (Å²) < 4.78 is 67.9. The van der Waals surface area contributed by atoms with Gasteiger partial charge in [0.15, 0.2) is 5.75 Å². The van der Waals surface area contributed by atoms with E-state index in [-0.39, 0.29) is 5.69 Å². The van der Waals surface area contributed by atoms with E-state index in [1.807, 2.05) is 4.72 Å². The molecule has 124 valence electrons. The third-order valence-corrected chi connectivity index (χ3v) is 3.35. The number of carbonyl (C=O) groups excluding carboxylic acids is 1. The number of carbonyl (C=O) groups is 1. The van der Waals surface area contributed by atoms with Crippen LogP contribution >= 0.6 is 0 Å². The molecule has 1 N–H and O–H groups in total. The molecule has 0 amide bonds. The topological polar surface area (TPSA) is 72.5 Å². The molecule has 5 nitrogen and oxygen atoms in total. The third-order valence-electron chi connectivity index (χ3n) is 2.19. The number of ether oxygens (including phenoxy) is 1. The van der Waals surface area contributed by atoms with Gasteiger partial charge in [0, 0.05) is 5.69 Å². The molecule has 0 saturated carbocycles. The number of anilines is 1. The number of rotatable bonds is 4. The van der Waals surface area contributed by atoms with E-state index in [0.717, 1.165) is 18.2 Å². The van der Waals surface area contributed by atoms with Gasteiger partial charge < -0.3 is 4.74 Å². The molecule has 0 aromatic heterocycles. The number of esters is 1. The van der Waals surface area contributed by atoms with Crippen LogP contribution < -0.4 is 4.72 Å². The maximum atomic E-state index is 12.5. The molecule has 0 bridgehead atoms. The summed E-state index contributed by atoms with van der Waals surface area (Å²) in [6.07, 6.45) is -4.59. The average molecular weight is 339 g/mol. The Balaban J connectivity index is 2.83. The molecule has 22 heavy (non-hydrogen) atoms. The molecule has 9 heteroatoms. The van der Waals surface area contributed by atoms with E-state index in [1.165, 1.54) is 0 Å². The van der Waals surface area contributed by atoms with Crippen molar-refractivity contribution in [3.05, 3.63) is 29.8 Å². The summed E-state index contributed by atoms with van der Waals surface area (Å²) in [5.41, 5.74) is -2.13. The Morgan fingerprint density at radius 2 is 1.82 bits per heavy atom. The van der Waals surface area contributed by atoms with Gasteiger partial charge >= 0.3 is 12.1 Å². The van der Waals surface area contributed by atoms with Crippen LogP contribution in [0.5, 0.6) is 0 Å². The first-order chi connectivity index (χ1) is 9.78. The summed E-state index contributed by atoms with van der Waals surface area (Å²) in [5.74, 6) is -1.98. The Morgan fingerprint density at radius 3 is 2.32 bits per heavy atom. The van der Waals surface area contributed by atoms with E-state index in [2.05, 4.69) is 0 Å². The molecule has 1 rings (SSSR count). The second kappa shape index (κ2) is 6.15. The van der Waals surface area contributed by atoms with Crippen molar-refractivity contribution in [2.24, 2.45) is 0 Å². The van der Waals surface area contributed by atoms with Gasteiger partial charge in [-0.05, 0) is 39.0 Å². The Morgan fingerprint density at radius 1 is 1.23 bits per heavy atom. The first kappa shape index (κ1) is 18.3. The van der Waals surface area contributed by atoms with E-state index >= 15 is 0 Å². The highest BCUT2D eigenvalue weighted by Crippen LogP contribution is 2.30. The van der Waals surface area contributed by atoms with Crippen LogP contribution in [0.3, 0.4) is 0 Å². The molecule has 0 atom stereocenters. The Kier molecular flexibility index (Phi) is 5.11. The predicted octanol–water partition coefficient (Wildman–Crippen LogP) is 2.79. The lowest BCUT2D eigenvalue weighted by atomic mass is 10.2. The van der Waals surface area contributed by atoms with Crippen LogP contribution in [0.25, 0.3) is 0 Å². The van der Waals surface area contributed by atoms with Crippen LogP contribution in [-0.2, 0) is 25.7 Å². The molecule has 0 saturated heterocycles. The average Bonchev–Trinajstić information content (AvgIpc) is 2.23. The molecule has 1 aromatic rings. The Bertz CT molecular complexity index is 648. The minimum absolute atomic E-state index is 0.279. The highest BCUT2D eigenvalue weighted by molar-refractivity contribution is 7.93. The lowest BCUT2D eigenvalue weighted by Gasteiger charge is -2.19. The highest BCUT2D eigenvalue weighted by Gasteiger charge is 2.31. The molecular formula is C13H16F3NO4S. The SMILES string of the molecule is CC(C)(C)OC(=O)CS(=O)(=O)Nc1cccc(C(F)(F)F)c1. The monoisotopic (exact) mass is 339 g/mol. The summed E-state index contributed by atoms with van der Waals surface area (Å²) in [5, 5.41) is 0. The van der Waals surface area contributed by atoms with Gasteiger partial charge in [0.05, 0.1) is 5.56 Å². The second-order valence-corrected chi connectivity index (χ2v) is 7.25. The number of nitrogens with one attached hydrogen (secondary N) is 1. The van der Waals surface area contributed by atoms with Crippen LogP contribution in [0.15, 0.2) is 24.3 Å². The lowest BCUT2D eigenvalue weighted by Crippen LogP contribution is -2.30. The van der Waals surface area contributed by atoms with Gasteiger partial charge in [0.2, 0.25) is 10.0 Å². The molecule has 0 unspecified atom stereocenters. The van der Waals surface area contributed by atoms with Gasteiger partial charge in [0.25, 0.3) is 0 Å². The minimum Gasteiger partial charge on any atom is -0.459 e. The van der Waals surface area contributed by atoms with E-state index in [4.69, 9.17) is 4.74 Å². The second-order valence-electron chi connectivity index (χ2n) is 5.53. The zero-order chi connectivity index (χ0) is 17.2. The van der Waals surface area contributed by atoms with Crippen LogP contribution in [0, 0.1) is 0 Å². The van der Waals surface area contributed by atoms with Gasteiger partial charge in [-0.2, -0.15) is 13.2 Å². The summed E-state index contributed by atoms with van der Waals surface area (Å²) in [4.78, 5) is 11.5. The van der Waals surface area contributed by atoms with Crippen molar-refractivity contribution in [1.82, 2.24) is 0 Å². The van der Waals surface area contributed by atoms with Gasteiger partial charge in [-0.1, -0.05) is 6.07 Å². The molecule has 0 radical (unpaired) electrons. The number of hydrogen-bond acceptors (Lipinski definition) is 4. The van der Waals surface area contributed by atoms with Crippen LogP contribution in [0.1, 0.15) is 26.3 Å². The van der Waals surface area contributed by atoms with Crippen molar-refractivity contribution < 1.29 is 31.1 Å². The molecule has 0 fully saturated rings. The van der Waals surface area contributed by atoms with Gasteiger partial charge in [-0.15, -0.1) is 0 Å². The third kappa shape index (κ3) is 6.33. The van der Waals surface area contributed by atoms with Crippen molar-refractivity contribution in [3.63, 3.8) is 0 Å². The normalized spacial score (nSPS) is 12.8. The van der Waals surface area contributed by atoms with Crippen molar-refractivity contribution >= 4 is 21.7 Å². The summed E-state index contributed by atoms with van der Waals surface area (Å²) >= 11 is 0. The van der Waals surface area contributed by atoms with Crippen LogP contribution in [0.4, 0.5) is 18.9 Å². The van der Waals surface area contributed by atoms with Gasteiger partial charge in [0.1, 0.15) is 5.60 Å². The van der Waals surface area contributed by atoms with Crippen molar-refractivity contribution in [1.29, 1.82) is 0 Å². The number of hydrogen-bond donors (Lipinski definition) is 1. The van der Waals surface area contributed by atoms with Crippen molar-refractivity contribution in [2.45, 2.75) is 32.5 Å². The number of alkyl halides is 3. The van der Waals surface area contributed by atoms with E-state index in [0.29, 0.717) is 6.07 Å². The Hall–Kier alpha value is -1.77. The van der Waals surface area contributed by atoms with E-state index in [1.54, 1.807) is 20.8 Å². The first-order valence-electron chi connectivity index (χ1n) is 6.18. The minimum atomic E-state index is -4.59. The zero-order valence-electron chi connectivity index (χ0n) is 12.2. The predicted molar refractivity (Wildman–Crippen MR) is 74.7 cm³/mol. The molecule has 0 aliphatic rings.